The van der Waals surface area contributed by atoms with Gasteiger partial charge in [0, 0.05) is 22.6 Å². The van der Waals surface area contributed by atoms with Crippen LogP contribution in [-0.2, 0) is 11.2 Å². The number of primary amides is 1. The van der Waals surface area contributed by atoms with Crippen molar-refractivity contribution in [2.24, 2.45) is 16.6 Å². The number of methoxy groups -OCH3 is 1. The number of nitrogens with zero attached hydrogens (tertiary/aromatic N) is 2. The van der Waals surface area contributed by atoms with Crippen molar-refractivity contribution in [1.82, 2.24) is 9.97 Å². The summed E-state index contributed by atoms with van der Waals surface area (Å²) in [6.45, 7) is 8.12. The summed E-state index contributed by atoms with van der Waals surface area (Å²) < 4.78 is 19.2. The Morgan fingerprint density at radius 1 is 1.18 bits per heavy atom. The Hall–Kier alpha value is -2.93. The second kappa shape index (κ2) is 10.1. The summed E-state index contributed by atoms with van der Waals surface area (Å²) >= 11 is 5.92. The first-order valence-corrected chi connectivity index (χ1v) is 11.6. The van der Waals surface area contributed by atoms with Crippen LogP contribution >= 0.6 is 11.6 Å². The summed E-state index contributed by atoms with van der Waals surface area (Å²) in [5.74, 6) is 0.602. The van der Waals surface area contributed by atoms with Gasteiger partial charge in [0.1, 0.15) is 23.7 Å². The number of hydrogen-bond acceptors (Lipinski definition) is 5. The number of anilines is 2. The van der Waals surface area contributed by atoms with Gasteiger partial charge in [-0.1, -0.05) is 39.3 Å². The highest BCUT2D eigenvalue weighted by molar-refractivity contribution is 6.31. The molecule has 3 N–H and O–H groups in total. The Bertz CT molecular complexity index is 1200. The Morgan fingerprint density at radius 3 is 2.56 bits per heavy atom. The number of rotatable bonds is 10. The fraction of sp³-hybridized carbons (Fsp3) is 0.423. The average Bonchev–Trinajstić information content (AvgIpc) is 2.75. The average molecular weight is 487 g/mol. The molecule has 34 heavy (non-hydrogen) atoms. The number of hydrogen-bond donors (Lipinski definition) is 2. The van der Waals surface area contributed by atoms with Gasteiger partial charge in [-0.05, 0) is 60.9 Å². The summed E-state index contributed by atoms with van der Waals surface area (Å²) in [5, 5.41) is 4.07. The number of aromatic nitrogens is 2. The maximum Gasteiger partial charge on any atom is 0.223 e. The highest BCUT2D eigenvalue weighted by atomic mass is 35.5. The number of ether oxygens (including phenoxy) is 1. The molecule has 0 aliphatic heterocycles. The van der Waals surface area contributed by atoms with Crippen molar-refractivity contribution in [1.29, 1.82) is 0 Å². The number of nitrogens with one attached hydrogen (secondary N) is 1. The lowest BCUT2D eigenvalue weighted by Crippen LogP contribution is -2.35. The molecule has 0 saturated carbocycles. The molecule has 3 rings (SSSR count). The van der Waals surface area contributed by atoms with Crippen LogP contribution in [0, 0.1) is 16.6 Å². The van der Waals surface area contributed by atoms with Gasteiger partial charge in [0.2, 0.25) is 5.91 Å². The molecule has 0 spiro atoms. The van der Waals surface area contributed by atoms with Crippen molar-refractivity contribution in [2.75, 3.05) is 12.4 Å². The minimum absolute atomic E-state index is 0.0350. The largest absolute Gasteiger partial charge is 0.496 e. The molecular weight excluding hydrogens is 455 g/mol. The molecule has 182 valence electrons. The number of benzene rings is 2. The minimum Gasteiger partial charge on any atom is -0.496 e. The lowest BCUT2D eigenvalue weighted by Gasteiger charge is -2.33. The van der Waals surface area contributed by atoms with E-state index >= 15 is 0 Å². The van der Waals surface area contributed by atoms with E-state index in [9.17, 15) is 9.18 Å². The third-order valence-corrected chi connectivity index (χ3v) is 6.40. The van der Waals surface area contributed by atoms with E-state index in [1.54, 1.807) is 13.2 Å². The minimum atomic E-state index is -0.550. The fourth-order valence-corrected chi connectivity index (χ4v) is 4.63. The zero-order valence-corrected chi connectivity index (χ0v) is 21.1. The molecule has 0 radical (unpaired) electrons. The Kier molecular flexibility index (Phi) is 7.66. The second-order valence-corrected chi connectivity index (χ2v) is 10.5. The molecular formula is C26H32ClFN4O2. The molecule has 0 bridgehead atoms. The van der Waals surface area contributed by atoms with Crippen molar-refractivity contribution in [2.45, 2.75) is 53.4 Å². The molecule has 1 heterocycles. The number of halogens is 2. The highest BCUT2D eigenvalue weighted by Gasteiger charge is 2.32. The third-order valence-electron chi connectivity index (χ3n) is 6.11. The molecule has 6 nitrogen and oxygen atoms in total. The standard InChI is InChI=1S/C26H32ClFN4O2/c1-25(2,14-26(3,4)24(29)33)10-6-7-16-11-18-21(13-22(16)34-5)30-15-31-23(18)32-17-8-9-20(28)19(27)12-17/h8-9,11-13,15H,6-7,10,14H2,1-5H3,(H2,29,33)(H,30,31,32). The molecule has 1 aromatic heterocycles. The van der Waals surface area contributed by atoms with Crippen molar-refractivity contribution < 1.29 is 13.9 Å². The molecule has 1 amide bonds. The van der Waals surface area contributed by atoms with E-state index in [1.807, 2.05) is 26.0 Å². The summed E-state index contributed by atoms with van der Waals surface area (Å²) in [6.07, 6.45) is 4.81. The van der Waals surface area contributed by atoms with Crippen LogP contribution in [0.2, 0.25) is 5.02 Å². The summed E-state index contributed by atoms with van der Waals surface area (Å²) in [6, 6.07) is 8.36. The predicted octanol–water partition coefficient (Wildman–Crippen LogP) is 6.43. The van der Waals surface area contributed by atoms with Crippen molar-refractivity contribution in [3.8, 4) is 5.75 Å². The topological polar surface area (TPSA) is 90.1 Å². The van der Waals surface area contributed by atoms with Crippen LogP contribution in [0.5, 0.6) is 5.75 Å². The number of amides is 1. The quantitative estimate of drug-likeness (QED) is 0.345. The number of carbonyl (C=O) groups excluding carboxylic acids is 1. The first-order chi connectivity index (χ1) is 15.9. The van der Waals surface area contributed by atoms with Crippen LogP contribution in [0.15, 0.2) is 36.7 Å². The second-order valence-electron chi connectivity index (χ2n) is 10.1. The Balaban J connectivity index is 1.82. The van der Waals surface area contributed by atoms with Gasteiger partial charge >= 0.3 is 0 Å². The Labute approximate surface area is 205 Å². The van der Waals surface area contributed by atoms with Gasteiger partial charge in [-0.2, -0.15) is 0 Å². The molecule has 0 saturated heterocycles. The lowest BCUT2D eigenvalue weighted by atomic mass is 9.72. The van der Waals surface area contributed by atoms with Crippen LogP contribution in [0.3, 0.4) is 0 Å². The molecule has 3 aromatic rings. The molecule has 2 aromatic carbocycles. The predicted molar refractivity (Wildman–Crippen MR) is 135 cm³/mol. The Morgan fingerprint density at radius 2 is 1.91 bits per heavy atom. The normalized spacial score (nSPS) is 12.1. The zero-order chi connectivity index (χ0) is 25.1. The maximum atomic E-state index is 13.5. The van der Waals surface area contributed by atoms with Gasteiger partial charge in [0.05, 0.1) is 17.6 Å². The van der Waals surface area contributed by atoms with Crippen LogP contribution in [0.4, 0.5) is 15.9 Å². The fourth-order valence-electron chi connectivity index (χ4n) is 4.45. The van der Waals surface area contributed by atoms with Gasteiger partial charge < -0.3 is 15.8 Å². The number of fused-ring (bicyclic) bond motifs is 1. The number of carbonyl (C=O) groups is 1. The van der Waals surface area contributed by atoms with E-state index < -0.39 is 11.2 Å². The van der Waals surface area contributed by atoms with Crippen LogP contribution in [0.25, 0.3) is 10.9 Å². The van der Waals surface area contributed by atoms with Gasteiger partial charge in [-0.15, -0.1) is 0 Å². The van der Waals surface area contributed by atoms with Gasteiger partial charge in [0.15, 0.2) is 0 Å². The van der Waals surface area contributed by atoms with E-state index in [0.29, 0.717) is 17.9 Å². The van der Waals surface area contributed by atoms with E-state index in [0.717, 1.165) is 41.5 Å². The van der Waals surface area contributed by atoms with E-state index in [1.165, 1.54) is 18.5 Å². The summed E-state index contributed by atoms with van der Waals surface area (Å²) in [7, 11) is 1.64. The summed E-state index contributed by atoms with van der Waals surface area (Å²) in [5.41, 5.74) is 7.38. The van der Waals surface area contributed by atoms with Gasteiger partial charge in [-0.3, -0.25) is 4.79 Å². The van der Waals surface area contributed by atoms with Crippen LogP contribution in [0.1, 0.15) is 52.5 Å². The molecule has 0 aliphatic carbocycles. The zero-order valence-electron chi connectivity index (χ0n) is 20.3. The molecule has 8 heteroatoms. The molecule has 0 unspecified atom stereocenters. The van der Waals surface area contributed by atoms with Crippen molar-refractivity contribution in [3.05, 3.63) is 53.1 Å². The van der Waals surface area contributed by atoms with Crippen molar-refractivity contribution >= 4 is 39.9 Å². The van der Waals surface area contributed by atoms with E-state index in [-0.39, 0.29) is 16.3 Å². The molecule has 0 aliphatic rings. The van der Waals surface area contributed by atoms with E-state index in [2.05, 4.69) is 29.1 Å². The first kappa shape index (κ1) is 25.7. The highest BCUT2D eigenvalue weighted by Crippen LogP contribution is 2.38. The first-order valence-electron chi connectivity index (χ1n) is 11.3. The monoisotopic (exact) mass is 486 g/mol. The third kappa shape index (κ3) is 6.14. The van der Waals surface area contributed by atoms with Gasteiger partial charge in [-0.25, -0.2) is 14.4 Å². The molecule has 0 atom stereocenters. The maximum absolute atomic E-state index is 13.5. The van der Waals surface area contributed by atoms with Crippen LogP contribution in [-0.4, -0.2) is 23.0 Å². The summed E-state index contributed by atoms with van der Waals surface area (Å²) in [4.78, 5) is 20.5. The lowest BCUT2D eigenvalue weighted by molar-refractivity contribution is -0.127. The molecule has 0 fully saturated rings. The number of nitrogens with two attached hydrogens (primary N) is 1. The van der Waals surface area contributed by atoms with Crippen LogP contribution < -0.4 is 15.8 Å². The SMILES string of the molecule is COc1cc2ncnc(Nc3ccc(F)c(Cl)c3)c2cc1CCCC(C)(C)CC(C)(C)C(N)=O. The smallest absolute Gasteiger partial charge is 0.223 e. The van der Waals surface area contributed by atoms with Gasteiger partial charge in [0.25, 0.3) is 0 Å². The van der Waals surface area contributed by atoms with Crippen molar-refractivity contribution in [3.63, 3.8) is 0 Å². The number of aryl methyl sites for hydroxylation is 1. The van der Waals surface area contributed by atoms with E-state index in [4.69, 9.17) is 22.1 Å².